The van der Waals surface area contributed by atoms with Crippen LogP contribution in [0.4, 0.5) is 0 Å². The first kappa shape index (κ1) is 17.5. The van der Waals surface area contributed by atoms with Crippen molar-refractivity contribution in [3.63, 3.8) is 0 Å². The fraction of sp³-hybridized carbons (Fsp3) is 0.158. The summed E-state index contributed by atoms with van der Waals surface area (Å²) in [6, 6.07) is 16.7. The maximum Gasteiger partial charge on any atom is 0.249 e. The summed E-state index contributed by atoms with van der Waals surface area (Å²) in [5.74, 6) is -1.52. The number of rotatable bonds is 4. The highest BCUT2D eigenvalue weighted by Gasteiger charge is 2.43. The van der Waals surface area contributed by atoms with Gasteiger partial charge in [-0.15, -0.1) is 0 Å². The Morgan fingerprint density at radius 3 is 2.16 bits per heavy atom. The first-order valence-electron chi connectivity index (χ1n) is 7.68. The third kappa shape index (κ3) is 3.38. The van der Waals surface area contributed by atoms with Crippen LogP contribution in [0.1, 0.15) is 29.5 Å². The average molecular weight is 372 g/mol. The first-order valence-corrected chi connectivity index (χ1v) is 8.47. The SMILES string of the molecule is O=C1CC(=O)N(C(C(=O)Cl)c2ccccc2)C(=S)C1c1ccccc1. The fourth-order valence-electron chi connectivity index (χ4n) is 3.00. The molecule has 1 fully saturated rings. The molecule has 6 heteroatoms. The van der Waals surface area contributed by atoms with Crippen LogP contribution >= 0.6 is 23.8 Å². The van der Waals surface area contributed by atoms with Crippen molar-refractivity contribution in [3.05, 3.63) is 71.8 Å². The van der Waals surface area contributed by atoms with E-state index in [0.29, 0.717) is 11.1 Å². The van der Waals surface area contributed by atoms with E-state index in [1.165, 1.54) is 4.90 Å². The molecule has 3 rings (SSSR count). The van der Waals surface area contributed by atoms with Crippen LogP contribution in [0.15, 0.2) is 60.7 Å². The van der Waals surface area contributed by atoms with E-state index in [0.717, 1.165) is 0 Å². The average Bonchev–Trinajstić information content (AvgIpc) is 2.59. The summed E-state index contributed by atoms with van der Waals surface area (Å²) in [6.07, 6.45) is -0.312. The van der Waals surface area contributed by atoms with Gasteiger partial charge in [-0.2, -0.15) is 0 Å². The zero-order chi connectivity index (χ0) is 18.0. The predicted molar refractivity (Wildman–Crippen MR) is 98.3 cm³/mol. The molecule has 126 valence electrons. The van der Waals surface area contributed by atoms with E-state index in [1.807, 2.05) is 6.07 Å². The molecular formula is C19H14ClNO3S. The van der Waals surface area contributed by atoms with Crippen molar-refractivity contribution in [2.45, 2.75) is 18.4 Å². The minimum absolute atomic E-state index is 0.107. The van der Waals surface area contributed by atoms with Crippen molar-refractivity contribution in [1.29, 1.82) is 0 Å². The van der Waals surface area contributed by atoms with Crippen molar-refractivity contribution in [1.82, 2.24) is 4.90 Å². The third-order valence-corrected chi connectivity index (χ3v) is 4.76. The summed E-state index contributed by atoms with van der Waals surface area (Å²) >= 11 is 11.2. The zero-order valence-electron chi connectivity index (χ0n) is 13.1. The number of benzene rings is 2. The number of hydrogen-bond donors (Lipinski definition) is 0. The fourth-order valence-corrected chi connectivity index (χ4v) is 3.70. The third-order valence-electron chi connectivity index (χ3n) is 4.12. The largest absolute Gasteiger partial charge is 0.298 e. The second-order valence-electron chi connectivity index (χ2n) is 5.71. The Hall–Kier alpha value is -2.37. The van der Waals surface area contributed by atoms with E-state index in [-0.39, 0.29) is 17.2 Å². The molecule has 2 aromatic carbocycles. The molecule has 0 radical (unpaired) electrons. The number of carbonyl (C=O) groups excluding carboxylic acids is 3. The van der Waals surface area contributed by atoms with Crippen LogP contribution in [0.3, 0.4) is 0 Å². The Balaban J connectivity index is 2.04. The van der Waals surface area contributed by atoms with Gasteiger partial charge in [-0.3, -0.25) is 19.3 Å². The van der Waals surface area contributed by atoms with Crippen LogP contribution in [0.25, 0.3) is 0 Å². The van der Waals surface area contributed by atoms with E-state index >= 15 is 0 Å². The molecule has 1 heterocycles. The predicted octanol–water partition coefficient (Wildman–Crippen LogP) is 3.41. The van der Waals surface area contributed by atoms with E-state index in [2.05, 4.69) is 0 Å². The van der Waals surface area contributed by atoms with Crippen molar-refractivity contribution < 1.29 is 14.4 Å². The number of ketones is 1. The van der Waals surface area contributed by atoms with Crippen LogP contribution in [0.2, 0.25) is 0 Å². The first-order chi connectivity index (χ1) is 12.0. The number of likely N-dealkylation sites (tertiary alicyclic amines) is 1. The van der Waals surface area contributed by atoms with Gasteiger partial charge < -0.3 is 0 Å². The molecule has 1 aliphatic rings. The molecule has 0 aromatic heterocycles. The van der Waals surface area contributed by atoms with Gasteiger partial charge in [0.2, 0.25) is 11.1 Å². The summed E-state index contributed by atoms with van der Waals surface area (Å²) in [5.41, 5.74) is 1.25. The van der Waals surface area contributed by atoms with Crippen LogP contribution in [0.5, 0.6) is 0 Å². The second-order valence-corrected chi connectivity index (χ2v) is 6.50. The van der Waals surface area contributed by atoms with Gasteiger partial charge in [0.1, 0.15) is 11.0 Å². The quantitative estimate of drug-likeness (QED) is 0.469. The number of piperidine rings is 1. The van der Waals surface area contributed by atoms with Crippen LogP contribution in [-0.4, -0.2) is 26.8 Å². The number of Topliss-reactive ketones (excluding diaryl/α,β-unsaturated/α-hetero) is 1. The topological polar surface area (TPSA) is 54.5 Å². The van der Waals surface area contributed by atoms with Gasteiger partial charge in [-0.1, -0.05) is 72.9 Å². The Labute approximate surface area is 155 Å². The number of amides is 1. The lowest BCUT2D eigenvalue weighted by molar-refractivity contribution is -0.138. The molecule has 25 heavy (non-hydrogen) atoms. The number of carbonyl (C=O) groups is 3. The zero-order valence-corrected chi connectivity index (χ0v) is 14.7. The smallest absolute Gasteiger partial charge is 0.249 e. The molecule has 2 unspecified atom stereocenters. The van der Waals surface area contributed by atoms with Gasteiger partial charge in [0.05, 0.1) is 12.3 Å². The maximum atomic E-state index is 12.5. The molecule has 1 aliphatic heterocycles. The molecule has 0 N–H and O–H groups in total. The molecule has 2 atom stereocenters. The van der Waals surface area contributed by atoms with Gasteiger partial charge >= 0.3 is 0 Å². The van der Waals surface area contributed by atoms with Gasteiger partial charge in [-0.25, -0.2) is 0 Å². The molecule has 0 bridgehead atoms. The van der Waals surface area contributed by atoms with Crippen molar-refractivity contribution in [3.8, 4) is 0 Å². The number of nitrogens with zero attached hydrogens (tertiary/aromatic N) is 1. The molecule has 0 spiro atoms. The maximum absolute atomic E-state index is 12.5. The summed E-state index contributed by atoms with van der Waals surface area (Å²) in [6.45, 7) is 0. The Morgan fingerprint density at radius 1 is 1.04 bits per heavy atom. The van der Waals surface area contributed by atoms with Crippen molar-refractivity contribution in [2.75, 3.05) is 0 Å². The molecule has 0 aliphatic carbocycles. The number of halogens is 1. The van der Waals surface area contributed by atoms with Gasteiger partial charge in [0, 0.05) is 0 Å². The van der Waals surface area contributed by atoms with Gasteiger partial charge in [0.25, 0.3) is 0 Å². The van der Waals surface area contributed by atoms with Crippen molar-refractivity contribution in [2.24, 2.45) is 0 Å². The van der Waals surface area contributed by atoms with Gasteiger partial charge in [-0.05, 0) is 22.7 Å². The Bertz CT molecular complexity index is 838. The molecule has 1 saturated heterocycles. The minimum Gasteiger partial charge on any atom is -0.298 e. The molecular weight excluding hydrogens is 358 g/mol. The highest BCUT2D eigenvalue weighted by atomic mass is 35.5. The summed E-state index contributed by atoms with van der Waals surface area (Å²) in [7, 11) is 0. The molecule has 2 aromatic rings. The van der Waals surface area contributed by atoms with Gasteiger partial charge in [0.15, 0.2) is 5.78 Å². The second kappa shape index (κ2) is 7.25. The van der Waals surface area contributed by atoms with Crippen LogP contribution < -0.4 is 0 Å². The van der Waals surface area contributed by atoms with E-state index in [9.17, 15) is 14.4 Å². The molecule has 1 amide bonds. The lowest BCUT2D eigenvalue weighted by Gasteiger charge is -2.36. The normalized spacial score (nSPS) is 19.0. The standard InChI is InChI=1S/C19H14ClNO3S/c20-18(24)17(13-9-5-2-6-10-13)21-15(23)11-14(22)16(19(21)25)12-7-3-1-4-8-12/h1-10,16-17H,11H2. The number of thiocarbonyl (C=S) groups is 1. The lowest BCUT2D eigenvalue weighted by atomic mass is 9.87. The lowest BCUT2D eigenvalue weighted by Crippen LogP contribution is -2.50. The van der Waals surface area contributed by atoms with Crippen molar-refractivity contribution >= 4 is 45.7 Å². The highest BCUT2D eigenvalue weighted by molar-refractivity contribution is 7.80. The monoisotopic (exact) mass is 371 g/mol. The van der Waals surface area contributed by atoms with E-state index in [1.54, 1.807) is 54.6 Å². The highest BCUT2D eigenvalue weighted by Crippen LogP contribution is 2.34. The van der Waals surface area contributed by atoms with Crippen LogP contribution in [0, 0.1) is 0 Å². The van der Waals surface area contributed by atoms with E-state index < -0.39 is 23.1 Å². The summed E-state index contributed by atoms with van der Waals surface area (Å²) in [5, 5.41) is -0.719. The minimum atomic E-state index is -1.04. The van der Waals surface area contributed by atoms with E-state index in [4.69, 9.17) is 23.8 Å². The Morgan fingerprint density at radius 2 is 1.60 bits per heavy atom. The number of hydrogen-bond acceptors (Lipinski definition) is 4. The molecule has 4 nitrogen and oxygen atoms in total. The summed E-state index contributed by atoms with van der Waals surface area (Å²) < 4.78 is 0. The Kier molecular flexibility index (Phi) is 5.06. The summed E-state index contributed by atoms with van der Waals surface area (Å²) in [4.78, 5) is 38.3. The molecule has 0 saturated carbocycles. The van der Waals surface area contributed by atoms with Crippen LogP contribution in [-0.2, 0) is 14.4 Å².